The van der Waals surface area contributed by atoms with Crippen LogP contribution < -0.4 is 0 Å². The monoisotopic (exact) mass is 612 g/mol. The van der Waals surface area contributed by atoms with Crippen LogP contribution in [0.4, 0.5) is 70.2 Å². The lowest BCUT2D eigenvalue weighted by atomic mass is 10.1. The third-order valence-corrected chi connectivity index (χ3v) is 3.89. The first-order valence-electron chi connectivity index (χ1n) is 8.69. The second-order valence-electron chi connectivity index (χ2n) is 6.74. The van der Waals surface area contributed by atoms with Gasteiger partial charge in [0.1, 0.15) is 24.9 Å². The fourth-order valence-corrected chi connectivity index (χ4v) is 1.79. The van der Waals surface area contributed by atoms with Crippen LogP contribution in [0.2, 0.25) is 0 Å². The van der Waals surface area contributed by atoms with Crippen molar-refractivity contribution in [3.8, 4) is 0 Å². The maximum Gasteiger partial charge on any atom is 0.462 e. The van der Waals surface area contributed by atoms with E-state index in [0.717, 1.165) is 0 Å². The van der Waals surface area contributed by atoms with Gasteiger partial charge in [0.2, 0.25) is 0 Å². The number of halogens is 16. The van der Waals surface area contributed by atoms with Crippen LogP contribution in [0, 0.1) is 0 Å². The summed E-state index contributed by atoms with van der Waals surface area (Å²) in [5.74, 6) is -17.9. The lowest BCUT2D eigenvalue weighted by molar-refractivity contribution is -0.544. The predicted octanol–water partition coefficient (Wildman–Crippen LogP) is 2.18. The Bertz CT molecular complexity index is 802. The highest BCUT2D eigenvalue weighted by Gasteiger charge is 2.84. The van der Waals surface area contributed by atoms with Crippen LogP contribution in [-0.2, 0) is 19.0 Å². The molecule has 0 aliphatic heterocycles. The Morgan fingerprint density at radius 1 is 0.737 bits per heavy atom. The Morgan fingerprint density at radius 3 is 1.55 bits per heavy atom. The van der Waals surface area contributed by atoms with Crippen LogP contribution in [0.5, 0.6) is 0 Å². The largest absolute Gasteiger partial charge is 0.462 e. The van der Waals surface area contributed by atoms with Gasteiger partial charge in [0.25, 0.3) is 6.36 Å². The first kappa shape index (κ1) is 36.3. The van der Waals surface area contributed by atoms with Gasteiger partial charge in [-0.3, -0.25) is 14.3 Å². The number of ether oxygens (including phenoxy) is 3. The Balaban J connectivity index is 5.95. The molecule has 228 valence electrons. The van der Waals surface area contributed by atoms with E-state index in [1.165, 1.54) is 4.74 Å². The van der Waals surface area contributed by atoms with E-state index in [0.29, 0.717) is 0 Å². The number of aliphatic hydroxyl groups is 4. The van der Waals surface area contributed by atoms with Crippen LogP contribution >= 0.6 is 0 Å². The molecule has 4 N–H and O–H groups in total. The molecule has 0 aromatic rings. The van der Waals surface area contributed by atoms with Crippen molar-refractivity contribution in [1.29, 1.82) is 0 Å². The molecule has 0 fully saturated rings. The maximum absolute atomic E-state index is 13.8. The Labute approximate surface area is 197 Å². The van der Waals surface area contributed by atoms with Gasteiger partial charge in [0.05, 0.1) is 6.61 Å². The van der Waals surface area contributed by atoms with Crippen LogP contribution in [0.15, 0.2) is 0 Å². The van der Waals surface area contributed by atoms with Crippen molar-refractivity contribution in [2.75, 3.05) is 13.2 Å². The SMILES string of the molecule is O=C(COC(F)(F)C(F)OC(F)(F)C(F)(OC(F)(F)C(F)(F)C(F)(F)F)C(F)(F)F)[C@H](O)[C@H](O)[C@@H](O)CO. The molecule has 5 atom stereocenters. The Kier molecular flexibility index (Phi) is 10.9. The van der Waals surface area contributed by atoms with E-state index in [1.807, 2.05) is 4.74 Å². The Morgan fingerprint density at radius 2 is 1.18 bits per heavy atom. The normalized spacial score (nSPS) is 19.5. The number of ketones is 1. The molecule has 8 nitrogen and oxygen atoms in total. The zero-order chi connectivity index (χ0) is 30.9. The molecular weight excluding hydrogens is 600 g/mol. The topological polar surface area (TPSA) is 126 Å². The molecule has 0 saturated heterocycles. The highest BCUT2D eigenvalue weighted by Crippen LogP contribution is 2.55. The molecule has 0 amide bonds. The lowest BCUT2D eigenvalue weighted by Crippen LogP contribution is -2.66. The minimum Gasteiger partial charge on any atom is -0.394 e. The van der Waals surface area contributed by atoms with E-state index >= 15 is 0 Å². The van der Waals surface area contributed by atoms with E-state index in [9.17, 15) is 80.1 Å². The van der Waals surface area contributed by atoms with E-state index in [1.54, 1.807) is 0 Å². The van der Waals surface area contributed by atoms with Crippen LogP contribution in [0.1, 0.15) is 0 Å². The van der Waals surface area contributed by atoms with Crippen molar-refractivity contribution < 1.29 is 110 Å². The average Bonchev–Trinajstić information content (AvgIpc) is 2.73. The van der Waals surface area contributed by atoms with E-state index < -0.39 is 86.1 Å². The number of alkyl halides is 16. The maximum atomic E-state index is 13.8. The van der Waals surface area contributed by atoms with Gasteiger partial charge in [-0.15, -0.1) is 0 Å². The lowest BCUT2D eigenvalue weighted by Gasteiger charge is -2.38. The summed E-state index contributed by atoms with van der Waals surface area (Å²) in [4.78, 5) is 11.3. The smallest absolute Gasteiger partial charge is 0.394 e. The van der Waals surface area contributed by atoms with Gasteiger partial charge < -0.3 is 25.2 Å². The quantitative estimate of drug-likeness (QED) is 0.220. The molecule has 38 heavy (non-hydrogen) atoms. The molecular formula is C14H12F16O8. The fraction of sp³-hybridized carbons (Fsp3) is 0.929. The molecule has 0 bridgehead atoms. The molecule has 0 aromatic heterocycles. The van der Waals surface area contributed by atoms with Gasteiger partial charge in [0.15, 0.2) is 5.78 Å². The zero-order valence-corrected chi connectivity index (χ0v) is 17.2. The number of hydrogen-bond acceptors (Lipinski definition) is 8. The fourth-order valence-electron chi connectivity index (χ4n) is 1.79. The number of aliphatic hydroxyl groups excluding tert-OH is 4. The van der Waals surface area contributed by atoms with Gasteiger partial charge in [0, 0.05) is 0 Å². The number of carbonyl (C=O) groups is 1. The van der Waals surface area contributed by atoms with Crippen molar-refractivity contribution in [2.24, 2.45) is 0 Å². The highest BCUT2D eigenvalue weighted by molar-refractivity contribution is 5.84. The van der Waals surface area contributed by atoms with Crippen molar-refractivity contribution in [1.82, 2.24) is 0 Å². The number of hydrogen-bond donors (Lipinski definition) is 4. The van der Waals surface area contributed by atoms with Crippen molar-refractivity contribution in [3.05, 3.63) is 0 Å². The third kappa shape index (κ3) is 7.47. The summed E-state index contributed by atoms with van der Waals surface area (Å²) in [6.07, 6.45) is -50.5. The molecule has 0 rings (SSSR count). The zero-order valence-electron chi connectivity index (χ0n) is 17.2. The van der Waals surface area contributed by atoms with Gasteiger partial charge >= 0.3 is 42.5 Å². The standard InChI is InChI=1S/C14H12F16O8/c15-7(8(16,17)36-2-4(33)6(35)5(34)3(32)1-31)37-14(29,30)10(20,12(24,25)26)38-13(27,28)9(18,19)11(21,22)23/h3,5-7,31-32,34-35H,1-2H2/t3-,5+,6-,7?,10?/m0/s1. The molecule has 0 radical (unpaired) electrons. The molecule has 0 aromatic carbocycles. The summed E-state index contributed by atoms with van der Waals surface area (Å²) in [5.41, 5.74) is 0. The second kappa shape index (κ2) is 11.4. The van der Waals surface area contributed by atoms with Crippen molar-refractivity contribution in [2.45, 2.75) is 67.1 Å². The van der Waals surface area contributed by atoms with Gasteiger partial charge in [-0.25, -0.2) is 4.39 Å². The summed E-state index contributed by atoms with van der Waals surface area (Å²) < 4.78 is 213. The minimum absolute atomic E-state index is 1.36. The molecule has 0 spiro atoms. The average molecular weight is 612 g/mol. The number of Topliss-reactive ketones (excluding diaryl/α,β-unsaturated/α-hetero) is 1. The first-order valence-corrected chi connectivity index (χ1v) is 8.69. The summed E-state index contributed by atoms with van der Waals surface area (Å²) in [6, 6.07) is 0. The Hall–Kier alpha value is -1.73. The predicted molar refractivity (Wildman–Crippen MR) is 78.9 cm³/mol. The molecule has 0 aliphatic carbocycles. The van der Waals surface area contributed by atoms with Crippen LogP contribution in [0.25, 0.3) is 0 Å². The van der Waals surface area contributed by atoms with Crippen LogP contribution in [0.3, 0.4) is 0 Å². The molecule has 24 heteroatoms. The van der Waals surface area contributed by atoms with Crippen molar-refractivity contribution >= 4 is 5.78 Å². The molecule has 0 saturated carbocycles. The van der Waals surface area contributed by atoms with E-state index in [2.05, 4.69) is 4.74 Å². The van der Waals surface area contributed by atoms with Gasteiger partial charge in [-0.1, -0.05) is 0 Å². The van der Waals surface area contributed by atoms with Gasteiger partial charge in [-0.05, 0) is 0 Å². The highest BCUT2D eigenvalue weighted by atomic mass is 19.4. The van der Waals surface area contributed by atoms with E-state index in [4.69, 9.17) is 15.3 Å². The first-order chi connectivity index (χ1) is 16.5. The minimum atomic E-state index is -7.89. The second-order valence-corrected chi connectivity index (χ2v) is 6.74. The van der Waals surface area contributed by atoms with Gasteiger partial charge in [-0.2, -0.15) is 65.9 Å². The van der Waals surface area contributed by atoms with Crippen molar-refractivity contribution in [3.63, 3.8) is 0 Å². The number of carbonyl (C=O) groups excluding carboxylic acids is 1. The summed E-state index contributed by atoms with van der Waals surface area (Å²) in [5, 5.41) is 35.7. The number of rotatable bonds is 14. The summed E-state index contributed by atoms with van der Waals surface area (Å²) >= 11 is 0. The summed E-state index contributed by atoms with van der Waals surface area (Å²) in [6.45, 7) is -3.76. The molecule has 0 aliphatic rings. The molecule has 0 heterocycles. The molecule has 2 unspecified atom stereocenters. The van der Waals surface area contributed by atoms with Crippen LogP contribution in [-0.4, -0.2) is 107 Å². The summed E-state index contributed by atoms with van der Waals surface area (Å²) in [7, 11) is 0. The van der Waals surface area contributed by atoms with E-state index in [-0.39, 0.29) is 0 Å². The third-order valence-electron chi connectivity index (χ3n) is 3.89.